The molecular formula is C28H25FN2O5S. The fraction of sp³-hybridized carbons (Fsp3) is 0.179. The maximum Gasteiger partial charge on any atom is 0.335 e. The van der Waals surface area contributed by atoms with Crippen molar-refractivity contribution in [2.24, 2.45) is 4.99 Å². The molecule has 7 nitrogen and oxygen atoms in total. The van der Waals surface area contributed by atoms with Crippen LogP contribution < -0.4 is 9.47 Å². The molecule has 0 saturated carbocycles. The first-order valence-electron chi connectivity index (χ1n) is 11.7. The van der Waals surface area contributed by atoms with Crippen molar-refractivity contribution in [3.8, 4) is 11.5 Å². The Kier molecular flexibility index (Phi) is 8.25. The Labute approximate surface area is 218 Å². The van der Waals surface area contributed by atoms with E-state index in [1.807, 2.05) is 19.9 Å². The van der Waals surface area contributed by atoms with Gasteiger partial charge in [0.25, 0.3) is 5.91 Å². The lowest BCUT2D eigenvalue weighted by Crippen LogP contribution is -2.28. The molecule has 3 aromatic carbocycles. The number of ether oxygens (including phenoxy) is 2. The summed E-state index contributed by atoms with van der Waals surface area (Å²) in [6.07, 6.45) is 1.76. The van der Waals surface area contributed by atoms with Gasteiger partial charge >= 0.3 is 5.97 Å². The van der Waals surface area contributed by atoms with Crippen LogP contribution in [-0.2, 0) is 11.4 Å². The minimum absolute atomic E-state index is 0.125. The van der Waals surface area contributed by atoms with Crippen LogP contribution in [0, 0.1) is 5.82 Å². The highest BCUT2D eigenvalue weighted by molar-refractivity contribution is 8.18. The number of amides is 1. The van der Waals surface area contributed by atoms with Crippen molar-refractivity contribution in [2.45, 2.75) is 20.5 Å². The van der Waals surface area contributed by atoms with Crippen LogP contribution in [0.2, 0.25) is 0 Å². The largest absolute Gasteiger partial charge is 0.490 e. The Morgan fingerprint density at radius 2 is 1.84 bits per heavy atom. The minimum atomic E-state index is -1.04. The number of halogens is 1. The van der Waals surface area contributed by atoms with Crippen molar-refractivity contribution in [3.63, 3.8) is 0 Å². The van der Waals surface area contributed by atoms with Gasteiger partial charge < -0.3 is 14.6 Å². The molecular weight excluding hydrogens is 495 g/mol. The zero-order chi connectivity index (χ0) is 26.4. The third kappa shape index (κ3) is 6.37. The van der Waals surface area contributed by atoms with Crippen LogP contribution >= 0.6 is 11.8 Å². The predicted octanol–water partition coefficient (Wildman–Crippen LogP) is 6.13. The van der Waals surface area contributed by atoms with E-state index in [1.165, 1.54) is 36.0 Å². The smallest absolute Gasteiger partial charge is 0.335 e. The van der Waals surface area contributed by atoms with E-state index >= 15 is 0 Å². The molecule has 1 aliphatic heterocycles. The van der Waals surface area contributed by atoms with Crippen LogP contribution in [0.25, 0.3) is 6.08 Å². The van der Waals surface area contributed by atoms with E-state index in [0.717, 1.165) is 11.1 Å². The van der Waals surface area contributed by atoms with Crippen molar-refractivity contribution in [1.29, 1.82) is 0 Å². The average molecular weight is 521 g/mol. The van der Waals surface area contributed by atoms with Crippen LogP contribution in [0.4, 0.5) is 10.1 Å². The molecule has 1 saturated heterocycles. The number of aromatic carboxylic acids is 1. The fourth-order valence-corrected chi connectivity index (χ4v) is 4.65. The van der Waals surface area contributed by atoms with Crippen LogP contribution in [-0.4, -0.2) is 40.2 Å². The molecule has 1 N–H and O–H groups in total. The maximum absolute atomic E-state index is 13.2. The zero-order valence-corrected chi connectivity index (χ0v) is 21.1. The third-order valence-corrected chi connectivity index (χ3v) is 6.40. The van der Waals surface area contributed by atoms with Gasteiger partial charge in [0, 0.05) is 6.54 Å². The first-order chi connectivity index (χ1) is 17.9. The molecule has 1 fully saturated rings. The molecule has 0 aromatic heterocycles. The highest BCUT2D eigenvalue weighted by atomic mass is 32.2. The van der Waals surface area contributed by atoms with Gasteiger partial charge in [-0.1, -0.05) is 24.3 Å². The van der Waals surface area contributed by atoms with Gasteiger partial charge in [0.05, 0.1) is 22.8 Å². The number of rotatable bonds is 9. The highest BCUT2D eigenvalue weighted by Crippen LogP contribution is 2.36. The number of amidine groups is 1. The molecule has 9 heteroatoms. The molecule has 0 bridgehead atoms. The number of carboxylic acid groups (broad SMARTS) is 1. The molecule has 4 rings (SSSR count). The molecule has 1 heterocycles. The molecule has 190 valence electrons. The van der Waals surface area contributed by atoms with Crippen molar-refractivity contribution in [3.05, 3.63) is 94.1 Å². The lowest BCUT2D eigenvalue weighted by atomic mass is 10.1. The van der Waals surface area contributed by atoms with E-state index < -0.39 is 5.97 Å². The molecule has 1 amide bonds. The first kappa shape index (κ1) is 26.0. The Hall–Kier alpha value is -4.11. The van der Waals surface area contributed by atoms with Crippen LogP contribution in [0.15, 0.2) is 76.6 Å². The summed E-state index contributed by atoms with van der Waals surface area (Å²) in [5.74, 6) is -0.467. The second kappa shape index (κ2) is 11.7. The van der Waals surface area contributed by atoms with E-state index in [9.17, 15) is 19.1 Å². The highest BCUT2D eigenvalue weighted by Gasteiger charge is 2.32. The molecule has 0 aliphatic carbocycles. The van der Waals surface area contributed by atoms with E-state index in [2.05, 4.69) is 4.99 Å². The minimum Gasteiger partial charge on any atom is -0.490 e. The number of carbonyl (C=O) groups is 2. The van der Waals surface area contributed by atoms with Crippen molar-refractivity contribution >= 4 is 40.6 Å². The lowest BCUT2D eigenvalue weighted by Gasteiger charge is -2.13. The second-order valence-electron chi connectivity index (χ2n) is 7.96. The van der Waals surface area contributed by atoms with Gasteiger partial charge in [-0.05, 0) is 85.3 Å². The summed E-state index contributed by atoms with van der Waals surface area (Å²) in [5.41, 5.74) is 2.15. The van der Waals surface area contributed by atoms with Crippen LogP contribution in [0.1, 0.15) is 35.3 Å². The zero-order valence-electron chi connectivity index (χ0n) is 20.3. The number of benzene rings is 3. The predicted molar refractivity (Wildman–Crippen MR) is 142 cm³/mol. The molecule has 1 aliphatic rings. The molecule has 37 heavy (non-hydrogen) atoms. The van der Waals surface area contributed by atoms with E-state index in [0.29, 0.717) is 40.4 Å². The molecule has 0 radical (unpaired) electrons. The SMILES string of the molecule is CCOc1cc(/C=C2\SC(=Nc3cccc(C(=O)O)c3)N(CC)C2=O)ccc1OCc1ccc(F)cc1. The van der Waals surface area contributed by atoms with Gasteiger partial charge in [-0.2, -0.15) is 0 Å². The average Bonchev–Trinajstić information content (AvgIpc) is 3.18. The maximum atomic E-state index is 13.2. The molecule has 0 atom stereocenters. The number of hydrogen-bond donors (Lipinski definition) is 1. The number of likely N-dealkylation sites (N-methyl/N-ethyl adjacent to an activating group) is 1. The van der Waals surface area contributed by atoms with Crippen molar-refractivity contribution in [1.82, 2.24) is 4.90 Å². The number of hydrogen-bond acceptors (Lipinski definition) is 6. The van der Waals surface area contributed by atoms with Gasteiger partial charge in [0.2, 0.25) is 0 Å². The summed E-state index contributed by atoms with van der Waals surface area (Å²) in [7, 11) is 0. The number of aliphatic imine (C=N–C) groups is 1. The van der Waals surface area contributed by atoms with E-state index in [-0.39, 0.29) is 23.9 Å². The monoisotopic (exact) mass is 520 g/mol. The summed E-state index contributed by atoms with van der Waals surface area (Å²) in [5, 5.41) is 9.72. The summed E-state index contributed by atoms with van der Waals surface area (Å²) in [6.45, 7) is 4.82. The Morgan fingerprint density at radius 1 is 1.05 bits per heavy atom. The summed E-state index contributed by atoms with van der Waals surface area (Å²) in [6, 6.07) is 17.8. The summed E-state index contributed by atoms with van der Waals surface area (Å²) in [4.78, 5) is 30.9. The van der Waals surface area contributed by atoms with Gasteiger partial charge in [0.1, 0.15) is 12.4 Å². The van der Waals surface area contributed by atoms with Crippen molar-refractivity contribution < 1.29 is 28.6 Å². The van der Waals surface area contributed by atoms with E-state index in [1.54, 1.807) is 47.4 Å². The van der Waals surface area contributed by atoms with Crippen LogP contribution in [0.5, 0.6) is 11.5 Å². The van der Waals surface area contributed by atoms with E-state index in [4.69, 9.17) is 9.47 Å². The van der Waals surface area contributed by atoms with Gasteiger partial charge in [-0.25, -0.2) is 14.2 Å². The second-order valence-corrected chi connectivity index (χ2v) is 8.97. The number of carbonyl (C=O) groups excluding carboxylic acids is 1. The number of carboxylic acids is 1. The number of nitrogens with zero attached hydrogens (tertiary/aromatic N) is 2. The quantitative estimate of drug-likeness (QED) is 0.342. The Bertz CT molecular complexity index is 1370. The Morgan fingerprint density at radius 3 is 2.54 bits per heavy atom. The standard InChI is InChI=1S/C28H25FN2O5S/c1-3-31-26(32)25(37-28(31)30-22-7-5-6-20(16-22)27(33)34)15-19-10-13-23(24(14-19)35-4-2)36-17-18-8-11-21(29)12-9-18/h5-16H,3-4,17H2,1-2H3,(H,33,34)/b25-15-,30-28?. The first-order valence-corrected chi connectivity index (χ1v) is 12.5. The normalized spacial score (nSPS) is 15.4. The molecule has 3 aromatic rings. The fourth-order valence-electron chi connectivity index (χ4n) is 3.58. The number of thioether (sulfide) groups is 1. The van der Waals surface area contributed by atoms with Crippen LogP contribution in [0.3, 0.4) is 0 Å². The van der Waals surface area contributed by atoms with Crippen molar-refractivity contribution in [2.75, 3.05) is 13.2 Å². The molecule has 0 spiro atoms. The summed E-state index contributed by atoms with van der Waals surface area (Å²) < 4.78 is 24.8. The van der Waals surface area contributed by atoms with Gasteiger partial charge in [-0.15, -0.1) is 0 Å². The van der Waals surface area contributed by atoms with Gasteiger partial charge in [-0.3, -0.25) is 9.69 Å². The Balaban J connectivity index is 1.57. The van der Waals surface area contributed by atoms with Gasteiger partial charge in [0.15, 0.2) is 16.7 Å². The third-order valence-electron chi connectivity index (χ3n) is 5.40. The lowest BCUT2D eigenvalue weighted by molar-refractivity contribution is -0.122. The summed E-state index contributed by atoms with van der Waals surface area (Å²) >= 11 is 1.22. The molecule has 0 unspecified atom stereocenters. The topological polar surface area (TPSA) is 88.4 Å².